The van der Waals surface area contributed by atoms with Crippen molar-refractivity contribution < 1.29 is 18.7 Å². The molecule has 2 aliphatic rings. The molecule has 8 nitrogen and oxygen atoms in total. The maximum Gasteiger partial charge on any atom is 0.275 e. The molecule has 8 heteroatoms. The van der Waals surface area contributed by atoms with E-state index in [1.165, 1.54) is 18.9 Å². The third-order valence-corrected chi connectivity index (χ3v) is 4.83. The highest BCUT2D eigenvalue weighted by Crippen LogP contribution is 2.42. The number of nitriles is 1. The number of hydrogen-bond donors (Lipinski definition) is 0. The van der Waals surface area contributed by atoms with Crippen LogP contribution in [0.4, 0.5) is 0 Å². The number of nitrogens with zero attached hydrogens (tertiary/aromatic N) is 4. The van der Waals surface area contributed by atoms with E-state index >= 15 is 0 Å². The lowest BCUT2D eigenvalue weighted by Crippen LogP contribution is -2.38. The predicted octanol–water partition coefficient (Wildman–Crippen LogP) is 1.11. The Hall–Kier alpha value is -2.92. The zero-order valence-corrected chi connectivity index (χ0v) is 13.4. The van der Waals surface area contributed by atoms with Gasteiger partial charge in [0, 0.05) is 31.3 Å². The molecule has 4 rings (SSSR count). The minimum Gasteiger partial charge on any atom is -0.477 e. The first-order chi connectivity index (χ1) is 12.2. The number of ether oxygens (including phenoxy) is 2. The monoisotopic (exact) mass is 340 g/mol. The Morgan fingerprint density at radius 1 is 1.48 bits per heavy atom. The molecule has 2 aromatic heterocycles. The van der Waals surface area contributed by atoms with Crippen molar-refractivity contribution in [2.75, 3.05) is 32.9 Å². The van der Waals surface area contributed by atoms with Crippen LogP contribution in [0.3, 0.4) is 0 Å². The van der Waals surface area contributed by atoms with Gasteiger partial charge in [0.15, 0.2) is 12.1 Å². The van der Waals surface area contributed by atoms with Crippen LogP contribution in [0.1, 0.15) is 16.1 Å². The highest BCUT2D eigenvalue weighted by Gasteiger charge is 2.52. The predicted molar refractivity (Wildman–Crippen MR) is 83.6 cm³/mol. The second-order valence-electron chi connectivity index (χ2n) is 6.42. The van der Waals surface area contributed by atoms with Gasteiger partial charge in [0.05, 0.1) is 30.8 Å². The first-order valence-corrected chi connectivity index (χ1v) is 7.94. The van der Waals surface area contributed by atoms with Crippen molar-refractivity contribution in [3.05, 3.63) is 42.2 Å². The molecule has 0 N–H and O–H groups in total. The maximum atomic E-state index is 12.5. The third-order valence-electron chi connectivity index (χ3n) is 4.83. The summed E-state index contributed by atoms with van der Waals surface area (Å²) in [6.45, 7) is 2.69. The highest BCUT2D eigenvalue weighted by atomic mass is 16.5. The Morgan fingerprint density at radius 3 is 3.12 bits per heavy atom. The fourth-order valence-electron chi connectivity index (χ4n) is 3.42. The van der Waals surface area contributed by atoms with E-state index in [1.54, 1.807) is 17.0 Å². The lowest BCUT2D eigenvalue weighted by atomic mass is 9.82. The summed E-state index contributed by atoms with van der Waals surface area (Å²) in [7, 11) is 0. The van der Waals surface area contributed by atoms with Gasteiger partial charge >= 0.3 is 0 Å². The van der Waals surface area contributed by atoms with Gasteiger partial charge in [-0.15, -0.1) is 0 Å². The van der Waals surface area contributed by atoms with Gasteiger partial charge < -0.3 is 18.8 Å². The third kappa shape index (κ3) is 2.83. The van der Waals surface area contributed by atoms with Crippen LogP contribution in [-0.2, 0) is 4.74 Å². The number of oxazole rings is 1. The molecule has 0 radical (unpaired) electrons. The second-order valence-corrected chi connectivity index (χ2v) is 6.42. The largest absolute Gasteiger partial charge is 0.477 e. The van der Waals surface area contributed by atoms with E-state index in [2.05, 4.69) is 9.97 Å². The van der Waals surface area contributed by atoms with Crippen LogP contribution in [0.15, 0.2) is 35.4 Å². The highest BCUT2D eigenvalue weighted by molar-refractivity contribution is 5.92. The molecule has 0 unspecified atom stereocenters. The van der Waals surface area contributed by atoms with E-state index in [4.69, 9.17) is 19.2 Å². The van der Waals surface area contributed by atoms with Crippen molar-refractivity contribution >= 4 is 5.91 Å². The van der Waals surface area contributed by atoms with Crippen molar-refractivity contribution in [2.24, 2.45) is 11.3 Å². The van der Waals surface area contributed by atoms with Crippen LogP contribution >= 0.6 is 0 Å². The Morgan fingerprint density at radius 2 is 2.40 bits per heavy atom. The quantitative estimate of drug-likeness (QED) is 0.821. The Balaban J connectivity index is 1.45. The summed E-state index contributed by atoms with van der Waals surface area (Å²) < 4.78 is 16.4. The minimum absolute atomic E-state index is 0.140. The van der Waals surface area contributed by atoms with Gasteiger partial charge in [-0.05, 0) is 6.07 Å². The number of amides is 1. The summed E-state index contributed by atoms with van der Waals surface area (Å²) in [5.41, 5.74) is 0.540. The van der Waals surface area contributed by atoms with Crippen LogP contribution < -0.4 is 4.74 Å². The van der Waals surface area contributed by atoms with Crippen LogP contribution in [0.5, 0.6) is 5.88 Å². The molecular formula is C17H16N4O4. The summed E-state index contributed by atoms with van der Waals surface area (Å²) in [5, 5.41) is 8.82. The number of carbonyl (C=O) groups excluding carboxylic acids is 1. The van der Waals surface area contributed by atoms with E-state index in [0.717, 1.165) is 0 Å². The van der Waals surface area contributed by atoms with Crippen molar-refractivity contribution in [2.45, 2.75) is 0 Å². The number of hydrogen-bond acceptors (Lipinski definition) is 7. The molecular weight excluding hydrogens is 324 g/mol. The molecule has 2 atom stereocenters. The summed E-state index contributed by atoms with van der Waals surface area (Å²) in [4.78, 5) is 22.3. The summed E-state index contributed by atoms with van der Waals surface area (Å²) in [6, 6.07) is 5.36. The van der Waals surface area contributed by atoms with E-state index in [0.29, 0.717) is 50.0 Å². The first kappa shape index (κ1) is 15.6. The average Bonchev–Trinajstić information content (AvgIpc) is 3.35. The van der Waals surface area contributed by atoms with Gasteiger partial charge in [0.2, 0.25) is 5.88 Å². The SMILES string of the molecule is N#Cc1ccc(OC[C@]23COC[C@H]2CN(C(=O)c2cocn2)C3)nc1. The van der Waals surface area contributed by atoms with E-state index < -0.39 is 0 Å². The first-order valence-electron chi connectivity index (χ1n) is 7.94. The average molecular weight is 340 g/mol. The van der Waals surface area contributed by atoms with Gasteiger partial charge in [0.1, 0.15) is 12.3 Å². The van der Waals surface area contributed by atoms with Crippen molar-refractivity contribution in [3.63, 3.8) is 0 Å². The topological polar surface area (TPSA) is 101 Å². The number of carbonyl (C=O) groups is 1. The van der Waals surface area contributed by atoms with Crippen LogP contribution in [0, 0.1) is 22.7 Å². The Kier molecular flexibility index (Phi) is 3.86. The van der Waals surface area contributed by atoms with Crippen molar-refractivity contribution in [1.29, 1.82) is 5.26 Å². The molecule has 0 aliphatic carbocycles. The molecule has 4 heterocycles. The number of rotatable bonds is 4. The van der Waals surface area contributed by atoms with Gasteiger partial charge in [-0.25, -0.2) is 9.97 Å². The van der Waals surface area contributed by atoms with Gasteiger partial charge in [-0.2, -0.15) is 5.26 Å². The molecule has 0 aromatic carbocycles. The molecule has 0 spiro atoms. The molecule has 25 heavy (non-hydrogen) atoms. The van der Waals surface area contributed by atoms with Crippen molar-refractivity contribution in [1.82, 2.24) is 14.9 Å². The van der Waals surface area contributed by atoms with Crippen molar-refractivity contribution in [3.8, 4) is 11.9 Å². The van der Waals surface area contributed by atoms with Crippen LogP contribution in [-0.4, -0.2) is 53.7 Å². The number of aromatic nitrogens is 2. The Labute approximate surface area is 144 Å². The van der Waals surface area contributed by atoms with Gasteiger partial charge in [0.25, 0.3) is 5.91 Å². The molecule has 2 aromatic rings. The number of likely N-dealkylation sites (tertiary alicyclic amines) is 1. The molecule has 2 saturated heterocycles. The van der Waals surface area contributed by atoms with Gasteiger partial charge in [-0.3, -0.25) is 4.79 Å². The summed E-state index contributed by atoms with van der Waals surface area (Å²) >= 11 is 0. The zero-order chi connectivity index (χ0) is 17.3. The summed E-state index contributed by atoms with van der Waals surface area (Å²) in [5.74, 6) is 0.529. The van der Waals surface area contributed by atoms with Crippen LogP contribution in [0.25, 0.3) is 0 Å². The smallest absolute Gasteiger partial charge is 0.275 e. The van der Waals surface area contributed by atoms with Crippen LogP contribution in [0.2, 0.25) is 0 Å². The molecule has 0 bridgehead atoms. The number of pyridine rings is 1. The second kappa shape index (κ2) is 6.18. The van der Waals surface area contributed by atoms with Gasteiger partial charge in [-0.1, -0.05) is 0 Å². The maximum absolute atomic E-state index is 12.5. The standard InChI is InChI=1S/C17H16N4O4/c18-3-12-1-2-15(19-4-12)25-10-17-8-21(5-13(17)6-23-9-17)16(22)14-7-24-11-20-14/h1-2,4,7,11,13H,5-6,8-10H2/t13-,17+/m1/s1. The summed E-state index contributed by atoms with van der Waals surface area (Å²) in [6.07, 6.45) is 4.09. The zero-order valence-electron chi connectivity index (χ0n) is 13.4. The minimum atomic E-state index is -0.255. The lowest BCUT2D eigenvalue weighted by molar-refractivity contribution is 0.0651. The van der Waals surface area contributed by atoms with E-state index in [1.807, 2.05) is 6.07 Å². The molecule has 0 saturated carbocycles. The normalized spacial score (nSPS) is 24.8. The molecule has 128 valence electrons. The fraction of sp³-hybridized carbons (Fsp3) is 0.412. The molecule has 1 amide bonds. The van der Waals surface area contributed by atoms with E-state index in [9.17, 15) is 4.79 Å². The van der Waals surface area contributed by atoms with E-state index in [-0.39, 0.29) is 17.2 Å². The fourth-order valence-corrected chi connectivity index (χ4v) is 3.42. The molecule has 2 fully saturated rings. The number of fused-ring (bicyclic) bond motifs is 1. The lowest BCUT2D eigenvalue weighted by Gasteiger charge is -2.26. The Bertz CT molecular complexity index is 799. The molecule has 2 aliphatic heterocycles.